The van der Waals surface area contributed by atoms with E-state index >= 15 is 0 Å². The van der Waals surface area contributed by atoms with E-state index < -0.39 is 0 Å². The van der Waals surface area contributed by atoms with Gasteiger partial charge in [0.05, 0.1) is 19.8 Å². The van der Waals surface area contributed by atoms with Crippen LogP contribution in [0.5, 0.6) is 0 Å². The van der Waals surface area contributed by atoms with E-state index in [9.17, 15) is 0 Å². The maximum atomic E-state index is 8.63. The van der Waals surface area contributed by atoms with Crippen LogP contribution in [0.4, 0.5) is 0 Å². The third kappa shape index (κ3) is 4.77. The number of hydrogen-bond acceptors (Lipinski definition) is 3. The van der Waals surface area contributed by atoms with Crippen LogP contribution in [0.1, 0.15) is 22.3 Å². The lowest BCUT2D eigenvalue weighted by molar-refractivity contribution is 0.0772. The Bertz CT molecular complexity index is 354. The Morgan fingerprint density at radius 2 is 1.72 bits per heavy atom. The zero-order chi connectivity index (χ0) is 13.5. The van der Waals surface area contributed by atoms with Crippen molar-refractivity contribution in [1.29, 1.82) is 0 Å². The predicted molar refractivity (Wildman–Crippen MR) is 74.9 cm³/mol. The molecule has 0 radical (unpaired) electrons. The van der Waals surface area contributed by atoms with Crippen LogP contribution in [0.2, 0.25) is 0 Å². The minimum absolute atomic E-state index is 0.0971. The minimum atomic E-state index is 0.0971. The van der Waals surface area contributed by atoms with Crippen molar-refractivity contribution < 1.29 is 9.84 Å². The van der Waals surface area contributed by atoms with Gasteiger partial charge in [0.2, 0.25) is 0 Å². The molecule has 1 aromatic rings. The van der Waals surface area contributed by atoms with Crippen molar-refractivity contribution in [3.05, 3.63) is 34.4 Å². The molecule has 0 atom stereocenters. The van der Waals surface area contributed by atoms with Crippen molar-refractivity contribution in [3.63, 3.8) is 0 Å². The third-order valence-electron chi connectivity index (χ3n) is 3.12. The van der Waals surface area contributed by atoms with Gasteiger partial charge in [-0.2, -0.15) is 0 Å². The lowest BCUT2D eigenvalue weighted by atomic mass is 9.99. The Morgan fingerprint density at radius 1 is 1.11 bits per heavy atom. The molecule has 1 N–H and O–H groups in total. The molecular formula is C15H25NO2. The van der Waals surface area contributed by atoms with E-state index in [4.69, 9.17) is 9.84 Å². The summed E-state index contributed by atoms with van der Waals surface area (Å²) in [5.41, 5.74) is 5.44. The molecule has 1 rings (SSSR count). The molecule has 0 amide bonds. The molecule has 3 nitrogen and oxygen atoms in total. The van der Waals surface area contributed by atoms with Crippen molar-refractivity contribution in [2.45, 2.75) is 27.3 Å². The molecule has 3 heteroatoms. The minimum Gasteiger partial charge on any atom is -0.394 e. The number of hydrogen-bond donors (Lipinski definition) is 1. The van der Waals surface area contributed by atoms with Crippen LogP contribution in [0.3, 0.4) is 0 Å². The molecule has 0 spiro atoms. The number of ether oxygens (including phenoxy) is 1. The highest BCUT2D eigenvalue weighted by molar-refractivity contribution is 5.37. The molecule has 0 aliphatic rings. The van der Waals surface area contributed by atoms with Gasteiger partial charge < -0.3 is 9.84 Å². The molecule has 0 fully saturated rings. The van der Waals surface area contributed by atoms with Crippen LogP contribution < -0.4 is 0 Å². The van der Waals surface area contributed by atoms with E-state index in [1.165, 1.54) is 22.3 Å². The lowest BCUT2D eigenvalue weighted by Gasteiger charge is -2.20. The summed E-state index contributed by atoms with van der Waals surface area (Å²) in [6.07, 6.45) is 0. The number of aryl methyl sites for hydroxylation is 3. The van der Waals surface area contributed by atoms with Gasteiger partial charge >= 0.3 is 0 Å². The van der Waals surface area contributed by atoms with Crippen LogP contribution in [0.15, 0.2) is 12.1 Å². The van der Waals surface area contributed by atoms with E-state index in [0.29, 0.717) is 13.2 Å². The van der Waals surface area contributed by atoms with Gasteiger partial charge in [-0.3, -0.25) is 4.90 Å². The number of aliphatic hydroxyl groups is 1. The highest BCUT2D eigenvalue weighted by Gasteiger charge is 2.07. The second kappa shape index (κ2) is 7.52. The molecule has 102 valence electrons. The molecule has 1 aromatic carbocycles. The fourth-order valence-electron chi connectivity index (χ4n) is 2.20. The first kappa shape index (κ1) is 15.2. The van der Waals surface area contributed by atoms with Crippen LogP contribution in [0.25, 0.3) is 0 Å². The molecule has 0 aliphatic carbocycles. The first-order chi connectivity index (χ1) is 8.54. The maximum Gasteiger partial charge on any atom is 0.0698 e. The summed E-state index contributed by atoms with van der Waals surface area (Å²) in [4.78, 5) is 2.25. The molecule has 0 unspecified atom stereocenters. The van der Waals surface area contributed by atoms with Crippen molar-refractivity contribution >= 4 is 0 Å². The molecule has 0 aliphatic heterocycles. The fraction of sp³-hybridized carbons (Fsp3) is 0.600. The van der Waals surface area contributed by atoms with Crippen LogP contribution in [0, 0.1) is 20.8 Å². The Kier molecular flexibility index (Phi) is 6.33. The highest BCUT2D eigenvalue weighted by atomic mass is 16.5. The zero-order valence-electron chi connectivity index (χ0n) is 12.0. The molecule has 0 saturated carbocycles. The summed E-state index contributed by atoms with van der Waals surface area (Å²) in [6, 6.07) is 4.47. The Balaban J connectivity index is 2.51. The zero-order valence-corrected chi connectivity index (χ0v) is 12.0. The largest absolute Gasteiger partial charge is 0.394 e. The lowest BCUT2D eigenvalue weighted by Crippen LogP contribution is -2.24. The summed E-state index contributed by atoms with van der Waals surface area (Å²) in [5.74, 6) is 0. The Morgan fingerprint density at radius 3 is 2.28 bits per heavy atom. The molecule has 0 aromatic heterocycles. The van der Waals surface area contributed by atoms with Gasteiger partial charge in [0.15, 0.2) is 0 Å². The average Bonchev–Trinajstić information content (AvgIpc) is 2.29. The van der Waals surface area contributed by atoms with Gasteiger partial charge in [-0.05, 0) is 44.5 Å². The second-order valence-electron chi connectivity index (χ2n) is 4.95. The second-order valence-corrected chi connectivity index (χ2v) is 4.95. The highest BCUT2D eigenvalue weighted by Crippen LogP contribution is 2.17. The number of rotatable bonds is 7. The van der Waals surface area contributed by atoms with Crippen LogP contribution in [-0.2, 0) is 11.3 Å². The first-order valence-corrected chi connectivity index (χ1v) is 6.48. The number of aliphatic hydroxyl groups excluding tert-OH is 1. The van der Waals surface area contributed by atoms with E-state index in [2.05, 4.69) is 44.9 Å². The van der Waals surface area contributed by atoms with Crippen LogP contribution >= 0.6 is 0 Å². The van der Waals surface area contributed by atoms with Crippen molar-refractivity contribution in [1.82, 2.24) is 4.90 Å². The first-order valence-electron chi connectivity index (χ1n) is 6.48. The Labute approximate surface area is 110 Å². The van der Waals surface area contributed by atoms with Gasteiger partial charge in [-0.1, -0.05) is 17.7 Å². The molecule has 18 heavy (non-hydrogen) atoms. The predicted octanol–water partition coefficient (Wildman–Crippen LogP) is 2.05. The van der Waals surface area contributed by atoms with Gasteiger partial charge in [0.1, 0.15) is 0 Å². The van der Waals surface area contributed by atoms with E-state index in [1.807, 2.05) is 0 Å². The van der Waals surface area contributed by atoms with E-state index in [-0.39, 0.29) is 6.61 Å². The summed E-state index contributed by atoms with van der Waals surface area (Å²) >= 11 is 0. The van der Waals surface area contributed by atoms with Crippen molar-refractivity contribution in [3.8, 4) is 0 Å². The normalized spacial score (nSPS) is 11.2. The average molecular weight is 251 g/mol. The summed E-state index contributed by atoms with van der Waals surface area (Å²) < 4.78 is 5.28. The molecule has 0 heterocycles. The maximum absolute atomic E-state index is 8.63. The molecule has 0 bridgehead atoms. The van der Waals surface area contributed by atoms with Crippen molar-refractivity contribution in [2.24, 2.45) is 0 Å². The monoisotopic (exact) mass is 251 g/mol. The van der Waals surface area contributed by atoms with Crippen LogP contribution in [-0.4, -0.2) is 43.4 Å². The standard InChI is InChI=1S/C15H25NO2/c1-12-9-13(2)15(14(3)10-12)11-16(4)5-7-18-8-6-17/h9-10,17H,5-8,11H2,1-4H3. The molecular weight excluding hydrogens is 226 g/mol. The smallest absolute Gasteiger partial charge is 0.0698 e. The Hall–Kier alpha value is -0.900. The summed E-state index contributed by atoms with van der Waals surface area (Å²) in [6.45, 7) is 9.50. The van der Waals surface area contributed by atoms with Crippen molar-refractivity contribution in [2.75, 3.05) is 33.4 Å². The molecule has 0 saturated heterocycles. The van der Waals surface area contributed by atoms with E-state index in [0.717, 1.165) is 13.1 Å². The summed E-state index contributed by atoms with van der Waals surface area (Å²) in [5, 5.41) is 8.63. The summed E-state index contributed by atoms with van der Waals surface area (Å²) in [7, 11) is 2.10. The third-order valence-corrected chi connectivity index (χ3v) is 3.12. The fourth-order valence-corrected chi connectivity index (χ4v) is 2.20. The van der Waals surface area contributed by atoms with Gasteiger partial charge in [0.25, 0.3) is 0 Å². The van der Waals surface area contributed by atoms with E-state index in [1.54, 1.807) is 0 Å². The number of nitrogens with zero attached hydrogens (tertiary/aromatic N) is 1. The topological polar surface area (TPSA) is 32.7 Å². The SMILES string of the molecule is Cc1cc(C)c(CN(C)CCOCCO)c(C)c1. The van der Waals surface area contributed by atoms with Gasteiger partial charge in [0, 0.05) is 13.1 Å². The number of benzene rings is 1. The van der Waals surface area contributed by atoms with Gasteiger partial charge in [-0.25, -0.2) is 0 Å². The quantitative estimate of drug-likeness (QED) is 0.753. The van der Waals surface area contributed by atoms with Gasteiger partial charge in [-0.15, -0.1) is 0 Å². The number of likely N-dealkylation sites (N-methyl/N-ethyl adjacent to an activating group) is 1.